The third kappa shape index (κ3) is 7.16. The van der Waals surface area contributed by atoms with Crippen molar-refractivity contribution >= 4 is 52.0 Å². The van der Waals surface area contributed by atoms with Crippen LogP contribution in [-0.4, -0.2) is 34.2 Å². The Kier molecular flexibility index (Phi) is 8.62. The van der Waals surface area contributed by atoms with Crippen molar-refractivity contribution in [2.45, 2.75) is 13.8 Å². The number of rotatable bonds is 9. The van der Waals surface area contributed by atoms with Gasteiger partial charge in [0.15, 0.2) is 11.6 Å². The summed E-state index contributed by atoms with van der Waals surface area (Å²) in [5.74, 6) is -2.23. The number of nitro groups is 1. The lowest BCUT2D eigenvalue weighted by molar-refractivity contribution is -0.384. The normalized spacial score (nSPS) is 10.3. The molecule has 3 amide bonds. The number of amides is 3. The van der Waals surface area contributed by atoms with Crippen LogP contribution in [0.4, 0.5) is 22.7 Å². The number of ketones is 2. The van der Waals surface area contributed by atoms with Crippen molar-refractivity contribution in [2.75, 3.05) is 16.0 Å². The molecule has 0 bridgehead atoms. The molecule has 0 saturated heterocycles. The number of anilines is 3. The maximum atomic E-state index is 13.2. The van der Waals surface area contributed by atoms with Crippen LogP contribution in [0.2, 0.25) is 0 Å². The van der Waals surface area contributed by atoms with Gasteiger partial charge in [0, 0.05) is 57.0 Å². The number of nitrogens with zero attached hydrogens (tertiary/aromatic N) is 1. The SMILES string of the molecule is CC(=O)c1cccc(NC(=O)c2cc(NC(=O)c3ccc([N+](=O)[O-])cc3)cc(C(=O)Nc3cccc(C(C)=O)c3)c2)c1. The van der Waals surface area contributed by atoms with Crippen LogP contribution >= 0.6 is 0 Å². The zero-order valence-corrected chi connectivity index (χ0v) is 22.5. The Morgan fingerprint density at radius 3 is 1.36 bits per heavy atom. The third-order valence-corrected chi connectivity index (χ3v) is 6.11. The highest BCUT2D eigenvalue weighted by molar-refractivity contribution is 6.12. The molecule has 0 saturated carbocycles. The van der Waals surface area contributed by atoms with Gasteiger partial charge >= 0.3 is 0 Å². The van der Waals surface area contributed by atoms with Crippen molar-refractivity contribution in [3.05, 3.63) is 129 Å². The largest absolute Gasteiger partial charge is 0.322 e. The summed E-state index contributed by atoms with van der Waals surface area (Å²) >= 11 is 0. The molecule has 0 fully saturated rings. The van der Waals surface area contributed by atoms with Crippen molar-refractivity contribution < 1.29 is 28.9 Å². The van der Waals surface area contributed by atoms with Crippen LogP contribution in [0.25, 0.3) is 0 Å². The van der Waals surface area contributed by atoms with Crippen LogP contribution in [0.1, 0.15) is 65.6 Å². The van der Waals surface area contributed by atoms with Crippen LogP contribution in [0, 0.1) is 10.1 Å². The summed E-state index contributed by atoms with van der Waals surface area (Å²) in [6, 6.07) is 21.6. The minimum absolute atomic E-state index is 0.0207. The number of benzene rings is 4. The van der Waals surface area contributed by atoms with E-state index < -0.39 is 22.6 Å². The maximum absolute atomic E-state index is 13.2. The Hall–Kier alpha value is -5.97. The van der Waals surface area contributed by atoms with Crippen molar-refractivity contribution in [3.63, 3.8) is 0 Å². The molecule has 0 atom stereocenters. The van der Waals surface area contributed by atoms with E-state index in [1.165, 1.54) is 68.4 Å². The van der Waals surface area contributed by atoms with Crippen molar-refractivity contribution in [2.24, 2.45) is 0 Å². The van der Waals surface area contributed by atoms with Gasteiger partial charge in [-0.3, -0.25) is 34.1 Å². The van der Waals surface area contributed by atoms with E-state index in [-0.39, 0.29) is 39.6 Å². The highest BCUT2D eigenvalue weighted by atomic mass is 16.6. The summed E-state index contributed by atoms with van der Waals surface area (Å²) < 4.78 is 0. The fourth-order valence-electron chi connectivity index (χ4n) is 3.94. The van der Waals surface area contributed by atoms with Crippen LogP contribution in [-0.2, 0) is 0 Å². The van der Waals surface area contributed by atoms with Gasteiger partial charge in [-0.05, 0) is 68.4 Å². The Bertz CT molecular complexity index is 1660. The molecule has 42 heavy (non-hydrogen) atoms. The number of nitrogens with one attached hydrogen (secondary N) is 3. The summed E-state index contributed by atoms with van der Waals surface area (Å²) in [6.07, 6.45) is 0. The third-order valence-electron chi connectivity index (χ3n) is 6.11. The van der Waals surface area contributed by atoms with E-state index in [9.17, 15) is 34.1 Å². The quantitative estimate of drug-likeness (QED) is 0.132. The summed E-state index contributed by atoms with van der Waals surface area (Å²) in [7, 11) is 0. The molecule has 3 N–H and O–H groups in total. The zero-order valence-electron chi connectivity index (χ0n) is 22.5. The number of nitro benzene ring substituents is 1. The first kappa shape index (κ1) is 29.0. The first-order valence-corrected chi connectivity index (χ1v) is 12.6. The summed E-state index contributed by atoms with van der Waals surface area (Å²) in [6.45, 7) is 2.80. The van der Waals surface area contributed by atoms with E-state index >= 15 is 0 Å². The second-order valence-corrected chi connectivity index (χ2v) is 9.24. The molecule has 4 aromatic rings. The van der Waals surface area contributed by atoms with E-state index in [4.69, 9.17) is 0 Å². The van der Waals surface area contributed by atoms with Gasteiger partial charge in [-0.1, -0.05) is 24.3 Å². The molecule has 0 radical (unpaired) electrons. The topological polar surface area (TPSA) is 165 Å². The second-order valence-electron chi connectivity index (χ2n) is 9.24. The molecule has 0 aliphatic heterocycles. The molecule has 0 unspecified atom stereocenters. The molecule has 0 aliphatic rings. The average Bonchev–Trinajstić information content (AvgIpc) is 2.97. The molecule has 0 spiro atoms. The van der Waals surface area contributed by atoms with Gasteiger partial charge < -0.3 is 16.0 Å². The molecule has 11 nitrogen and oxygen atoms in total. The van der Waals surface area contributed by atoms with Gasteiger partial charge in [-0.25, -0.2) is 0 Å². The van der Waals surface area contributed by atoms with E-state index in [1.807, 2.05) is 0 Å². The molecule has 0 aromatic heterocycles. The monoisotopic (exact) mass is 564 g/mol. The van der Waals surface area contributed by atoms with Crippen LogP contribution in [0.5, 0.6) is 0 Å². The number of carbonyl (C=O) groups excluding carboxylic acids is 5. The molecule has 4 aromatic carbocycles. The zero-order chi connectivity index (χ0) is 30.4. The molecule has 11 heteroatoms. The Morgan fingerprint density at radius 2 is 0.929 bits per heavy atom. The standard InChI is InChI=1S/C31H24N4O7/c1-18(36)21-5-3-7-25(14-21)32-30(39)23-13-24(31(40)33-26-8-4-6-22(15-26)19(2)37)17-27(16-23)34-29(38)20-9-11-28(12-10-20)35(41)42/h3-17H,1-2H3,(H,32,39)(H,33,40)(H,34,38). The first-order valence-electron chi connectivity index (χ1n) is 12.6. The predicted octanol–water partition coefficient (Wildman–Crippen LogP) is 5.76. The Labute approximate surface area is 239 Å². The van der Waals surface area contributed by atoms with Crippen LogP contribution < -0.4 is 16.0 Å². The van der Waals surface area contributed by atoms with Gasteiger partial charge in [0.2, 0.25) is 0 Å². The van der Waals surface area contributed by atoms with E-state index in [0.29, 0.717) is 22.5 Å². The molecular weight excluding hydrogens is 540 g/mol. The van der Waals surface area contributed by atoms with E-state index in [0.717, 1.165) is 0 Å². The number of Topliss-reactive ketones (excluding diaryl/α,β-unsaturated/α-hetero) is 2. The molecule has 0 aliphatic carbocycles. The maximum Gasteiger partial charge on any atom is 0.269 e. The minimum atomic E-state index is -0.628. The van der Waals surface area contributed by atoms with Gasteiger partial charge in [-0.2, -0.15) is 0 Å². The first-order chi connectivity index (χ1) is 20.0. The van der Waals surface area contributed by atoms with E-state index in [2.05, 4.69) is 16.0 Å². The second kappa shape index (κ2) is 12.5. The van der Waals surface area contributed by atoms with Crippen LogP contribution in [0.3, 0.4) is 0 Å². The van der Waals surface area contributed by atoms with Crippen molar-refractivity contribution in [3.8, 4) is 0 Å². The number of hydrogen-bond acceptors (Lipinski definition) is 7. The predicted molar refractivity (Wildman–Crippen MR) is 156 cm³/mol. The van der Waals surface area contributed by atoms with Gasteiger partial charge in [0.25, 0.3) is 23.4 Å². The molecule has 0 heterocycles. The highest BCUT2D eigenvalue weighted by Crippen LogP contribution is 2.21. The molecule has 4 rings (SSSR count). The summed E-state index contributed by atoms with van der Waals surface area (Å²) in [5, 5.41) is 18.9. The molecule has 210 valence electrons. The van der Waals surface area contributed by atoms with Gasteiger partial charge in [0.1, 0.15) is 0 Å². The number of hydrogen-bond donors (Lipinski definition) is 3. The fraction of sp³-hybridized carbons (Fsp3) is 0.0645. The molecular formula is C31H24N4O7. The van der Waals surface area contributed by atoms with Crippen molar-refractivity contribution in [1.82, 2.24) is 0 Å². The number of non-ortho nitro benzene ring substituents is 1. The minimum Gasteiger partial charge on any atom is -0.322 e. The van der Waals surface area contributed by atoms with Crippen LogP contribution in [0.15, 0.2) is 91.0 Å². The fourth-order valence-corrected chi connectivity index (χ4v) is 3.94. The Morgan fingerprint density at radius 1 is 0.524 bits per heavy atom. The lowest BCUT2D eigenvalue weighted by atomic mass is 10.1. The summed E-state index contributed by atoms with van der Waals surface area (Å²) in [4.78, 5) is 73.2. The smallest absolute Gasteiger partial charge is 0.269 e. The Balaban J connectivity index is 1.66. The van der Waals surface area contributed by atoms with Crippen molar-refractivity contribution in [1.29, 1.82) is 0 Å². The van der Waals surface area contributed by atoms with E-state index in [1.54, 1.807) is 36.4 Å². The lowest BCUT2D eigenvalue weighted by Gasteiger charge is -2.13. The summed E-state index contributed by atoms with van der Waals surface area (Å²) in [5.41, 5.74) is 1.55. The highest BCUT2D eigenvalue weighted by Gasteiger charge is 2.17. The lowest BCUT2D eigenvalue weighted by Crippen LogP contribution is -2.18. The van der Waals surface area contributed by atoms with Gasteiger partial charge in [0.05, 0.1) is 4.92 Å². The number of carbonyl (C=O) groups is 5. The average molecular weight is 565 g/mol. The van der Waals surface area contributed by atoms with Gasteiger partial charge in [-0.15, -0.1) is 0 Å².